The van der Waals surface area contributed by atoms with Crippen molar-refractivity contribution in [1.82, 2.24) is 0 Å². The van der Waals surface area contributed by atoms with E-state index in [9.17, 15) is 4.79 Å². The summed E-state index contributed by atoms with van der Waals surface area (Å²) in [5.41, 5.74) is 2.31. The van der Waals surface area contributed by atoms with Crippen molar-refractivity contribution in [1.29, 1.82) is 0 Å². The highest BCUT2D eigenvalue weighted by atomic mass is 16.5. The van der Waals surface area contributed by atoms with Crippen molar-refractivity contribution in [3.05, 3.63) is 23.3 Å². The fraction of sp³-hybridized carbons (Fsp3) is 0.696. The molecule has 1 fully saturated rings. The first kappa shape index (κ1) is 20.0. The lowest BCUT2D eigenvalue weighted by atomic mass is 9.78. The highest BCUT2D eigenvalue weighted by molar-refractivity contribution is 5.69. The number of hydrogen-bond donors (Lipinski definition) is 1. The molecule has 0 spiro atoms. The molecule has 1 N–H and O–H groups in total. The molecule has 1 aliphatic carbocycles. The van der Waals surface area contributed by atoms with E-state index in [1.54, 1.807) is 0 Å². The minimum atomic E-state index is -0.937. The first-order chi connectivity index (χ1) is 12.9. The molecule has 4 heteroatoms. The van der Waals surface area contributed by atoms with E-state index in [1.807, 2.05) is 0 Å². The second kappa shape index (κ2) is 8.53. The van der Waals surface area contributed by atoms with Crippen LogP contribution in [0.15, 0.2) is 12.1 Å². The van der Waals surface area contributed by atoms with Gasteiger partial charge in [-0.05, 0) is 48.8 Å². The van der Waals surface area contributed by atoms with Crippen LogP contribution in [0, 0.1) is 0 Å². The molecule has 1 aromatic rings. The number of unbranched alkanes of at least 4 members (excludes halogenated alkanes) is 2. The second-order valence-electron chi connectivity index (χ2n) is 8.81. The maximum absolute atomic E-state index is 11.1. The molecule has 2 aliphatic rings. The van der Waals surface area contributed by atoms with Gasteiger partial charge in [0.1, 0.15) is 17.6 Å². The van der Waals surface area contributed by atoms with Gasteiger partial charge in [0.15, 0.2) is 6.61 Å². The first-order valence-electron chi connectivity index (χ1n) is 10.6. The van der Waals surface area contributed by atoms with E-state index in [0.717, 1.165) is 36.3 Å². The van der Waals surface area contributed by atoms with Crippen LogP contribution in [0.2, 0.25) is 0 Å². The molecule has 150 valence electrons. The monoisotopic (exact) mass is 374 g/mol. The van der Waals surface area contributed by atoms with Gasteiger partial charge in [0.25, 0.3) is 0 Å². The zero-order valence-electron chi connectivity index (χ0n) is 17.1. The van der Waals surface area contributed by atoms with E-state index >= 15 is 0 Å². The predicted molar refractivity (Wildman–Crippen MR) is 107 cm³/mol. The van der Waals surface area contributed by atoms with Crippen molar-refractivity contribution < 1.29 is 19.4 Å². The van der Waals surface area contributed by atoms with Gasteiger partial charge in [0.2, 0.25) is 0 Å². The molecule has 0 aromatic heterocycles. The minimum absolute atomic E-state index is 0.0134. The Hall–Kier alpha value is -1.71. The lowest BCUT2D eigenvalue weighted by Gasteiger charge is -2.27. The number of hydrogen-bond acceptors (Lipinski definition) is 3. The molecule has 1 aliphatic heterocycles. The van der Waals surface area contributed by atoms with Crippen molar-refractivity contribution in [2.75, 3.05) is 6.61 Å². The lowest BCUT2D eigenvalue weighted by molar-refractivity contribution is -0.139. The van der Waals surface area contributed by atoms with Gasteiger partial charge in [-0.3, -0.25) is 0 Å². The Morgan fingerprint density at radius 2 is 2.00 bits per heavy atom. The lowest BCUT2D eigenvalue weighted by Crippen LogP contribution is -2.18. The largest absolute Gasteiger partial charge is 0.489 e. The minimum Gasteiger partial charge on any atom is -0.489 e. The molecule has 2 unspecified atom stereocenters. The number of benzene rings is 1. The highest BCUT2D eigenvalue weighted by Crippen LogP contribution is 2.51. The third-order valence-electron chi connectivity index (χ3n) is 6.24. The van der Waals surface area contributed by atoms with Crippen LogP contribution < -0.4 is 9.47 Å². The predicted octanol–water partition coefficient (Wildman–Crippen LogP) is 5.82. The van der Waals surface area contributed by atoms with Gasteiger partial charge in [-0.15, -0.1) is 0 Å². The fourth-order valence-corrected chi connectivity index (χ4v) is 4.58. The van der Waals surface area contributed by atoms with E-state index in [4.69, 9.17) is 14.6 Å². The van der Waals surface area contributed by atoms with E-state index in [0.29, 0.717) is 5.92 Å². The molecule has 0 amide bonds. The topological polar surface area (TPSA) is 55.8 Å². The highest BCUT2D eigenvalue weighted by Gasteiger charge is 2.39. The average molecular weight is 375 g/mol. The number of carboxylic acid groups (broad SMARTS) is 1. The quantitative estimate of drug-likeness (QED) is 0.583. The molecule has 2 atom stereocenters. The van der Waals surface area contributed by atoms with E-state index in [1.165, 1.54) is 44.1 Å². The van der Waals surface area contributed by atoms with Crippen molar-refractivity contribution in [3.63, 3.8) is 0 Å². The maximum atomic E-state index is 11.1. The molecular formula is C23H34O4. The van der Waals surface area contributed by atoms with Crippen LogP contribution in [-0.2, 0) is 10.2 Å². The summed E-state index contributed by atoms with van der Waals surface area (Å²) in [5, 5.41) is 9.12. The van der Waals surface area contributed by atoms with Crippen molar-refractivity contribution in [3.8, 4) is 11.5 Å². The summed E-state index contributed by atoms with van der Waals surface area (Å²) in [6.07, 6.45) is 10.8. The van der Waals surface area contributed by atoms with E-state index in [-0.39, 0.29) is 18.1 Å². The van der Waals surface area contributed by atoms with Gasteiger partial charge in [-0.2, -0.15) is 0 Å². The van der Waals surface area contributed by atoms with Crippen molar-refractivity contribution >= 4 is 5.97 Å². The van der Waals surface area contributed by atoms with Crippen LogP contribution in [0.25, 0.3) is 0 Å². The number of rotatable bonds is 8. The molecule has 4 nitrogen and oxygen atoms in total. The number of ether oxygens (including phenoxy) is 2. The van der Waals surface area contributed by atoms with Gasteiger partial charge < -0.3 is 14.6 Å². The average Bonchev–Trinajstić information content (AvgIpc) is 2.81. The van der Waals surface area contributed by atoms with Gasteiger partial charge in [0.05, 0.1) is 0 Å². The Balaban J connectivity index is 1.94. The Labute approximate surface area is 163 Å². The number of carbonyl (C=O) groups is 1. The Kier molecular flexibility index (Phi) is 6.33. The summed E-state index contributed by atoms with van der Waals surface area (Å²) in [6.45, 7) is 6.44. The normalized spacial score (nSPS) is 21.7. The van der Waals surface area contributed by atoms with Gasteiger partial charge in [-0.25, -0.2) is 4.79 Å². The molecule has 0 bridgehead atoms. The van der Waals surface area contributed by atoms with E-state index in [2.05, 4.69) is 32.9 Å². The maximum Gasteiger partial charge on any atom is 0.341 e. The zero-order valence-corrected chi connectivity index (χ0v) is 17.1. The van der Waals surface area contributed by atoms with Crippen LogP contribution in [0.1, 0.15) is 95.6 Å². The zero-order chi connectivity index (χ0) is 19.4. The standard InChI is InChI=1S/C23H34O4/c1-4-5-9-12-23(2,3)16-13-19(26-15-21(24)25)22-17-10-7-6-8-11-18(17)27-20(22)14-16/h13-14,17-18H,4-12,15H2,1-3H3,(H,24,25). The van der Waals surface area contributed by atoms with Gasteiger partial charge in [-0.1, -0.05) is 52.9 Å². The second-order valence-corrected chi connectivity index (χ2v) is 8.81. The summed E-state index contributed by atoms with van der Waals surface area (Å²) in [7, 11) is 0. The van der Waals surface area contributed by atoms with Crippen molar-refractivity contribution in [2.24, 2.45) is 0 Å². The number of fused-ring (bicyclic) bond motifs is 3. The smallest absolute Gasteiger partial charge is 0.341 e. The molecule has 1 saturated carbocycles. The first-order valence-corrected chi connectivity index (χ1v) is 10.6. The van der Waals surface area contributed by atoms with Crippen LogP contribution in [0.4, 0.5) is 0 Å². The van der Waals surface area contributed by atoms with Crippen LogP contribution in [0.5, 0.6) is 11.5 Å². The van der Waals surface area contributed by atoms with Crippen molar-refractivity contribution in [2.45, 2.75) is 96.0 Å². The van der Waals surface area contributed by atoms with Gasteiger partial charge in [0, 0.05) is 11.5 Å². The molecule has 0 radical (unpaired) electrons. The van der Waals surface area contributed by atoms with Crippen LogP contribution in [0.3, 0.4) is 0 Å². The Bertz CT molecular complexity index is 665. The molecular weight excluding hydrogens is 340 g/mol. The fourth-order valence-electron chi connectivity index (χ4n) is 4.58. The molecule has 0 saturated heterocycles. The molecule has 27 heavy (non-hydrogen) atoms. The Morgan fingerprint density at radius 3 is 2.74 bits per heavy atom. The SMILES string of the molecule is CCCCCC(C)(C)c1cc(OCC(=O)O)c2c(c1)OC1CCCCCC21. The van der Waals surface area contributed by atoms with Crippen LogP contribution >= 0.6 is 0 Å². The molecule has 3 rings (SSSR count). The number of carboxylic acids is 1. The van der Waals surface area contributed by atoms with E-state index < -0.39 is 5.97 Å². The summed E-state index contributed by atoms with van der Waals surface area (Å²) in [4.78, 5) is 11.1. The third-order valence-corrected chi connectivity index (χ3v) is 6.24. The summed E-state index contributed by atoms with van der Waals surface area (Å²) >= 11 is 0. The molecule has 1 heterocycles. The number of aliphatic carboxylic acids is 1. The summed E-state index contributed by atoms with van der Waals surface area (Å²) in [5.74, 6) is 1.05. The van der Waals surface area contributed by atoms with Gasteiger partial charge >= 0.3 is 5.97 Å². The molecule has 1 aromatic carbocycles. The summed E-state index contributed by atoms with van der Waals surface area (Å²) in [6, 6.07) is 4.29. The Morgan fingerprint density at radius 1 is 1.22 bits per heavy atom. The van der Waals surface area contributed by atoms with Crippen LogP contribution in [-0.4, -0.2) is 23.8 Å². The summed E-state index contributed by atoms with van der Waals surface area (Å²) < 4.78 is 12.2. The third kappa shape index (κ3) is 4.59.